The van der Waals surface area contributed by atoms with Gasteiger partial charge in [-0.15, -0.1) is 0 Å². The summed E-state index contributed by atoms with van der Waals surface area (Å²) in [6.45, 7) is 1.02. The Labute approximate surface area is 91.4 Å². The van der Waals surface area contributed by atoms with Gasteiger partial charge in [0.2, 0.25) is 0 Å². The standard InChI is InChI=1S/C10H8Cl2N2/c11-6-4-7(12)10-8(5-6)13-9-2-1-3-14(9)10/h4-5H,1-3H2. The molecule has 0 atom stereocenters. The molecule has 0 unspecified atom stereocenters. The highest BCUT2D eigenvalue weighted by Crippen LogP contribution is 2.31. The zero-order chi connectivity index (χ0) is 9.71. The lowest BCUT2D eigenvalue weighted by Gasteiger charge is -2.00. The Bertz CT molecular complexity index is 516. The first kappa shape index (κ1) is 8.57. The van der Waals surface area contributed by atoms with Gasteiger partial charge in [-0.25, -0.2) is 4.98 Å². The van der Waals surface area contributed by atoms with Gasteiger partial charge in [0.25, 0.3) is 0 Å². The van der Waals surface area contributed by atoms with E-state index in [2.05, 4.69) is 9.55 Å². The topological polar surface area (TPSA) is 17.8 Å². The Morgan fingerprint density at radius 3 is 3.00 bits per heavy atom. The van der Waals surface area contributed by atoms with Crippen LogP contribution in [0.2, 0.25) is 10.0 Å². The van der Waals surface area contributed by atoms with Gasteiger partial charge in [0, 0.05) is 18.0 Å². The van der Waals surface area contributed by atoms with Crippen molar-refractivity contribution in [1.29, 1.82) is 0 Å². The third-order valence-electron chi connectivity index (χ3n) is 2.62. The van der Waals surface area contributed by atoms with Gasteiger partial charge in [-0.05, 0) is 18.6 Å². The van der Waals surface area contributed by atoms with Crippen LogP contribution in [0.15, 0.2) is 12.1 Å². The number of halogens is 2. The monoisotopic (exact) mass is 226 g/mol. The van der Waals surface area contributed by atoms with E-state index in [9.17, 15) is 0 Å². The normalized spacial score (nSPS) is 15.0. The number of hydrogen-bond donors (Lipinski definition) is 0. The molecule has 0 saturated carbocycles. The van der Waals surface area contributed by atoms with Crippen LogP contribution in [0.1, 0.15) is 12.2 Å². The first-order valence-electron chi connectivity index (χ1n) is 4.60. The Hall–Kier alpha value is -0.730. The van der Waals surface area contributed by atoms with Crippen LogP contribution >= 0.6 is 23.2 Å². The van der Waals surface area contributed by atoms with Gasteiger partial charge >= 0.3 is 0 Å². The number of fused-ring (bicyclic) bond motifs is 3. The molecule has 2 aromatic rings. The van der Waals surface area contributed by atoms with Crippen molar-refractivity contribution in [2.45, 2.75) is 19.4 Å². The fourth-order valence-corrected chi connectivity index (χ4v) is 2.64. The first-order valence-corrected chi connectivity index (χ1v) is 5.35. The number of aromatic nitrogens is 2. The number of rotatable bonds is 0. The highest BCUT2D eigenvalue weighted by Gasteiger charge is 2.18. The Balaban J connectivity index is 2.43. The van der Waals surface area contributed by atoms with E-state index in [0.717, 1.165) is 36.2 Å². The summed E-state index contributed by atoms with van der Waals surface area (Å²) >= 11 is 12.1. The molecule has 72 valence electrons. The number of nitrogens with zero attached hydrogens (tertiary/aromatic N) is 2. The summed E-state index contributed by atoms with van der Waals surface area (Å²) in [4.78, 5) is 4.51. The van der Waals surface area contributed by atoms with E-state index < -0.39 is 0 Å². The Kier molecular flexibility index (Phi) is 1.76. The number of imidazole rings is 1. The van der Waals surface area contributed by atoms with E-state index in [1.165, 1.54) is 0 Å². The minimum Gasteiger partial charge on any atom is -0.327 e. The summed E-state index contributed by atoms with van der Waals surface area (Å²) in [7, 11) is 0. The van der Waals surface area contributed by atoms with Crippen molar-refractivity contribution in [2.24, 2.45) is 0 Å². The van der Waals surface area contributed by atoms with Crippen molar-refractivity contribution in [3.05, 3.63) is 28.0 Å². The van der Waals surface area contributed by atoms with Gasteiger partial charge in [-0.1, -0.05) is 23.2 Å². The van der Waals surface area contributed by atoms with Crippen LogP contribution in [0.25, 0.3) is 11.0 Å². The van der Waals surface area contributed by atoms with Crippen LogP contribution in [0.5, 0.6) is 0 Å². The van der Waals surface area contributed by atoms with Crippen molar-refractivity contribution in [3.8, 4) is 0 Å². The van der Waals surface area contributed by atoms with E-state index in [4.69, 9.17) is 23.2 Å². The molecule has 0 bridgehead atoms. The van der Waals surface area contributed by atoms with Gasteiger partial charge in [0.05, 0.1) is 16.1 Å². The quantitative estimate of drug-likeness (QED) is 0.675. The molecule has 0 aliphatic carbocycles. The molecular formula is C10H8Cl2N2. The zero-order valence-electron chi connectivity index (χ0n) is 7.43. The second-order valence-electron chi connectivity index (χ2n) is 3.54. The predicted molar refractivity (Wildman–Crippen MR) is 58.1 cm³/mol. The van der Waals surface area contributed by atoms with Crippen LogP contribution in [-0.4, -0.2) is 9.55 Å². The summed E-state index contributed by atoms with van der Waals surface area (Å²) < 4.78 is 2.19. The summed E-state index contributed by atoms with van der Waals surface area (Å²) in [5.74, 6) is 1.13. The average molecular weight is 227 g/mol. The highest BCUT2D eigenvalue weighted by atomic mass is 35.5. The molecule has 2 heterocycles. The minimum absolute atomic E-state index is 0.652. The van der Waals surface area contributed by atoms with Gasteiger partial charge in [-0.2, -0.15) is 0 Å². The fourth-order valence-electron chi connectivity index (χ4n) is 2.06. The summed E-state index contributed by atoms with van der Waals surface area (Å²) in [5.41, 5.74) is 1.95. The number of aryl methyl sites for hydroxylation is 2. The fraction of sp³-hybridized carbons (Fsp3) is 0.300. The van der Waals surface area contributed by atoms with Crippen molar-refractivity contribution in [3.63, 3.8) is 0 Å². The summed E-state index contributed by atoms with van der Waals surface area (Å²) in [5, 5.41) is 1.35. The molecule has 0 N–H and O–H groups in total. The molecule has 14 heavy (non-hydrogen) atoms. The van der Waals surface area contributed by atoms with Crippen molar-refractivity contribution >= 4 is 34.2 Å². The molecule has 1 aromatic carbocycles. The molecule has 0 saturated heterocycles. The summed E-state index contributed by atoms with van der Waals surface area (Å²) in [6, 6.07) is 3.65. The lowest BCUT2D eigenvalue weighted by molar-refractivity contribution is 0.771. The maximum Gasteiger partial charge on any atom is 0.109 e. The predicted octanol–water partition coefficient (Wildman–Crippen LogP) is 3.29. The minimum atomic E-state index is 0.652. The van der Waals surface area contributed by atoms with E-state index >= 15 is 0 Å². The van der Waals surface area contributed by atoms with Crippen molar-refractivity contribution in [2.75, 3.05) is 0 Å². The third-order valence-corrected chi connectivity index (χ3v) is 3.13. The Morgan fingerprint density at radius 1 is 1.29 bits per heavy atom. The molecule has 0 spiro atoms. The molecular weight excluding hydrogens is 219 g/mol. The highest BCUT2D eigenvalue weighted by molar-refractivity contribution is 6.38. The SMILES string of the molecule is Clc1cc(Cl)c2c(c1)nc1n2CCC1. The number of hydrogen-bond acceptors (Lipinski definition) is 1. The molecule has 0 radical (unpaired) electrons. The van der Waals surface area contributed by atoms with E-state index in [0.29, 0.717) is 10.0 Å². The largest absolute Gasteiger partial charge is 0.327 e. The lowest BCUT2D eigenvalue weighted by Crippen LogP contribution is -1.91. The van der Waals surface area contributed by atoms with Crippen molar-refractivity contribution in [1.82, 2.24) is 9.55 Å². The average Bonchev–Trinajstić information content (AvgIpc) is 2.60. The van der Waals surface area contributed by atoms with Crippen molar-refractivity contribution < 1.29 is 0 Å². The molecule has 4 heteroatoms. The molecule has 0 fully saturated rings. The summed E-state index contributed by atoms with van der Waals surface area (Å²) in [6.07, 6.45) is 2.21. The lowest BCUT2D eigenvalue weighted by atomic mass is 10.3. The zero-order valence-corrected chi connectivity index (χ0v) is 8.94. The van der Waals surface area contributed by atoms with E-state index in [1.807, 2.05) is 6.07 Å². The Morgan fingerprint density at radius 2 is 2.14 bits per heavy atom. The number of benzene rings is 1. The molecule has 2 nitrogen and oxygen atoms in total. The second-order valence-corrected chi connectivity index (χ2v) is 4.38. The maximum absolute atomic E-state index is 6.14. The van der Waals surface area contributed by atoms with E-state index in [1.54, 1.807) is 6.07 Å². The molecule has 3 rings (SSSR count). The smallest absolute Gasteiger partial charge is 0.109 e. The molecule has 1 aliphatic rings. The van der Waals surface area contributed by atoms with Gasteiger partial charge in [-0.3, -0.25) is 0 Å². The van der Waals surface area contributed by atoms with Crippen LogP contribution < -0.4 is 0 Å². The maximum atomic E-state index is 6.14. The molecule has 1 aromatic heterocycles. The van der Waals surface area contributed by atoms with Gasteiger partial charge < -0.3 is 4.57 Å². The van der Waals surface area contributed by atoms with Crippen LogP contribution in [-0.2, 0) is 13.0 Å². The van der Waals surface area contributed by atoms with Crippen LogP contribution in [0, 0.1) is 0 Å². The van der Waals surface area contributed by atoms with Gasteiger partial charge in [0.1, 0.15) is 5.82 Å². The van der Waals surface area contributed by atoms with E-state index in [-0.39, 0.29) is 0 Å². The van der Waals surface area contributed by atoms with Gasteiger partial charge in [0.15, 0.2) is 0 Å². The second kappa shape index (κ2) is 2.88. The molecule has 0 amide bonds. The first-order chi connectivity index (χ1) is 6.75. The molecule has 1 aliphatic heterocycles. The van der Waals surface area contributed by atoms with Crippen LogP contribution in [0.3, 0.4) is 0 Å². The third kappa shape index (κ3) is 1.07. The van der Waals surface area contributed by atoms with Crippen LogP contribution in [0.4, 0.5) is 0 Å².